The zero-order chi connectivity index (χ0) is 16.8. The molecule has 0 bridgehead atoms. The average Bonchev–Trinajstić information content (AvgIpc) is 2.57. The lowest BCUT2D eigenvalue weighted by Crippen LogP contribution is -2.53. The fourth-order valence-corrected chi connectivity index (χ4v) is 3.62. The van der Waals surface area contributed by atoms with Crippen molar-refractivity contribution in [2.45, 2.75) is 110 Å². The molecule has 0 fully saturated rings. The highest BCUT2D eigenvalue weighted by Gasteiger charge is 2.56. The summed E-state index contributed by atoms with van der Waals surface area (Å²) in [6, 6.07) is 0. The van der Waals surface area contributed by atoms with Gasteiger partial charge in [0.2, 0.25) is 5.84 Å². The summed E-state index contributed by atoms with van der Waals surface area (Å²) in [6.45, 7) is 11.8. The van der Waals surface area contributed by atoms with Crippen LogP contribution in [0.3, 0.4) is 0 Å². The van der Waals surface area contributed by atoms with Crippen LogP contribution in [0, 0.1) is 0 Å². The van der Waals surface area contributed by atoms with Crippen molar-refractivity contribution in [3.63, 3.8) is 0 Å². The Hall–Kier alpha value is -0.530. The zero-order valence-corrected chi connectivity index (χ0v) is 16.5. The summed E-state index contributed by atoms with van der Waals surface area (Å²) in [6.07, 6.45) is 13.9. The number of rotatable bonds is 10. The molecule has 0 aromatic heterocycles. The highest BCUT2D eigenvalue weighted by Crippen LogP contribution is 2.36. The molecule has 0 N–H and O–H groups in total. The van der Waals surface area contributed by atoms with Crippen LogP contribution in [-0.2, 0) is 0 Å². The second-order valence-corrected chi connectivity index (χ2v) is 8.23. The Bertz CT molecular complexity index is 366. The minimum Gasteiger partial charge on any atom is -0.259 e. The van der Waals surface area contributed by atoms with E-state index in [1.165, 1.54) is 70.0 Å². The first-order valence-corrected chi connectivity index (χ1v) is 9.60. The minimum absolute atomic E-state index is 0.205. The molecule has 0 unspecified atom stereocenters. The van der Waals surface area contributed by atoms with Crippen LogP contribution in [-0.4, -0.2) is 40.5 Å². The standard InChI is InChI=1S/C20H41N2/c1-8-9-10-11-12-13-14-15-16-17-18-21(6)19(2,3)20(4,5)22(18)7/h8-17H2,1-7H3/q+1. The Balaban J connectivity index is 2.27. The minimum atomic E-state index is 0.205. The SMILES string of the molecule is CCCCCCCCCCCC1=[N+](C)C(C)(C)C(C)(C)N1C. The van der Waals surface area contributed by atoms with Gasteiger partial charge in [0.1, 0.15) is 11.1 Å². The van der Waals surface area contributed by atoms with E-state index in [2.05, 4.69) is 58.2 Å². The Kier molecular flexibility index (Phi) is 7.41. The Labute approximate surface area is 140 Å². The fraction of sp³-hybridized carbons (Fsp3) is 0.950. The van der Waals surface area contributed by atoms with Crippen LogP contribution in [0.1, 0.15) is 98.8 Å². The van der Waals surface area contributed by atoms with Crippen LogP contribution in [0.5, 0.6) is 0 Å². The molecule has 0 aromatic rings. The summed E-state index contributed by atoms with van der Waals surface area (Å²) in [5.74, 6) is 1.53. The van der Waals surface area contributed by atoms with Crippen molar-refractivity contribution in [2.75, 3.05) is 14.1 Å². The van der Waals surface area contributed by atoms with Crippen LogP contribution in [0.15, 0.2) is 0 Å². The molecule has 22 heavy (non-hydrogen) atoms. The van der Waals surface area contributed by atoms with E-state index in [0.29, 0.717) is 0 Å². The van der Waals surface area contributed by atoms with Crippen molar-refractivity contribution < 1.29 is 4.58 Å². The van der Waals surface area contributed by atoms with Crippen molar-refractivity contribution in [1.29, 1.82) is 0 Å². The van der Waals surface area contributed by atoms with Gasteiger partial charge in [0.05, 0.1) is 14.1 Å². The van der Waals surface area contributed by atoms with E-state index in [1.54, 1.807) is 0 Å². The molecule has 2 nitrogen and oxygen atoms in total. The van der Waals surface area contributed by atoms with Gasteiger partial charge < -0.3 is 0 Å². The molecule has 130 valence electrons. The van der Waals surface area contributed by atoms with Crippen molar-refractivity contribution >= 4 is 5.84 Å². The molecule has 1 rings (SSSR count). The molecule has 1 heterocycles. The summed E-state index contributed by atoms with van der Waals surface area (Å²) in [5.41, 5.74) is 0.409. The second kappa shape index (κ2) is 8.36. The van der Waals surface area contributed by atoms with Crippen LogP contribution in [0.2, 0.25) is 0 Å². The van der Waals surface area contributed by atoms with Gasteiger partial charge in [-0.3, -0.25) is 9.48 Å². The lowest BCUT2D eigenvalue weighted by Gasteiger charge is -2.34. The van der Waals surface area contributed by atoms with E-state index in [-0.39, 0.29) is 11.1 Å². The maximum Gasteiger partial charge on any atom is 0.247 e. The van der Waals surface area contributed by atoms with Crippen LogP contribution < -0.4 is 0 Å². The first-order valence-electron chi connectivity index (χ1n) is 9.60. The third-order valence-electron chi connectivity index (χ3n) is 6.45. The third-order valence-corrected chi connectivity index (χ3v) is 6.45. The molecule has 0 atom stereocenters. The summed E-state index contributed by atoms with van der Waals surface area (Å²) < 4.78 is 2.51. The molecule has 0 radical (unpaired) electrons. The van der Waals surface area contributed by atoms with Gasteiger partial charge >= 0.3 is 0 Å². The molecule has 0 saturated carbocycles. The van der Waals surface area contributed by atoms with Gasteiger partial charge in [0.25, 0.3) is 0 Å². The molecular formula is C20H41N2+. The van der Waals surface area contributed by atoms with E-state index in [0.717, 1.165) is 0 Å². The first kappa shape index (κ1) is 19.5. The molecule has 0 amide bonds. The van der Waals surface area contributed by atoms with Crippen molar-refractivity contribution in [1.82, 2.24) is 4.90 Å². The quantitative estimate of drug-likeness (QED) is 0.384. The Morgan fingerprint density at radius 2 is 1.27 bits per heavy atom. The number of likely N-dealkylation sites (N-methyl/N-ethyl adjacent to an activating group) is 2. The van der Waals surface area contributed by atoms with E-state index < -0.39 is 0 Å². The number of hydrogen-bond acceptors (Lipinski definition) is 1. The molecule has 0 aliphatic carbocycles. The van der Waals surface area contributed by atoms with Gasteiger partial charge in [-0.15, -0.1) is 0 Å². The molecule has 1 aliphatic rings. The summed E-state index contributed by atoms with van der Waals surface area (Å²) in [5, 5.41) is 0. The first-order chi connectivity index (χ1) is 10.3. The van der Waals surface area contributed by atoms with Gasteiger partial charge in [-0.1, -0.05) is 58.3 Å². The van der Waals surface area contributed by atoms with E-state index in [1.807, 2.05) is 0 Å². The van der Waals surface area contributed by atoms with Crippen molar-refractivity contribution in [3.8, 4) is 0 Å². The molecular weight excluding hydrogens is 268 g/mol. The van der Waals surface area contributed by atoms with Gasteiger partial charge in [0.15, 0.2) is 0 Å². The third kappa shape index (κ3) is 4.26. The summed E-state index contributed by atoms with van der Waals surface area (Å²) >= 11 is 0. The topological polar surface area (TPSA) is 6.25 Å². The van der Waals surface area contributed by atoms with Crippen LogP contribution in [0.4, 0.5) is 0 Å². The fourth-order valence-electron chi connectivity index (χ4n) is 3.62. The lowest BCUT2D eigenvalue weighted by molar-refractivity contribution is -0.574. The molecule has 0 aromatic carbocycles. The maximum absolute atomic E-state index is 2.51. The van der Waals surface area contributed by atoms with Gasteiger partial charge in [0, 0.05) is 6.42 Å². The zero-order valence-electron chi connectivity index (χ0n) is 16.5. The Morgan fingerprint density at radius 3 is 1.68 bits per heavy atom. The molecule has 1 aliphatic heterocycles. The normalized spacial score (nSPS) is 20.0. The van der Waals surface area contributed by atoms with Gasteiger partial charge in [-0.25, -0.2) is 0 Å². The highest BCUT2D eigenvalue weighted by atomic mass is 15.4. The Morgan fingerprint density at radius 1 is 0.818 bits per heavy atom. The summed E-state index contributed by atoms with van der Waals surface area (Å²) in [7, 11) is 4.54. The summed E-state index contributed by atoms with van der Waals surface area (Å²) in [4.78, 5) is 2.51. The van der Waals surface area contributed by atoms with E-state index in [9.17, 15) is 0 Å². The van der Waals surface area contributed by atoms with E-state index in [4.69, 9.17) is 0 Å². The second-order valence-electron chi connectivity index (χ2n) is 8.23. The molecule has 2 heteroatoms. The highest BCUT2D eigenvalue weighted by molar-refractivity contribution is 5.79. The van der Waals surface area contributed by atoms with E-state index >= 15 is 0 Å². The monoisotopic (exact) mass is 309 g/mol. The largest absolute Gasteiger partial charge is 0.259 e. The number of amidine groups is 1. The average molecular weight is 310 g/mol. The van der Waals surface area contributed by atoms with Crippen LogP contribution >= 0.6 is 0 Å². The van der Waals surface area contributed by atoms with Gasteiger partial charge in [-0.05, 0) is 34.1 Å². The van der Waals surface area contributed by atoms with Crippen LogP contribution in [0.25, 0.3) is 0 Å². The van der Waals surface area contributed by atoms with Gasteiger partial charge in [-0.2, -0.15) is 0 Å². The molecule has 0 spiro atoms. The number of hydrogen-bond donors (Lipinski definition) is 0. The smallest absolute Gasteiger partial charge is 0.247 e. The maximum atomic E-state index is 2.51. The molecule has 0 saturated heterocycles. The predicted molar refractivity (Wildman–Crippen MR) is 99.0 cm³/mol. The number of unbranched alkanes of at least 4 members (excludes halogenated alkanes) is 8. The number of nitrogens with zero attached hydrogens (tertiary/aromatic N) is 2. The van der Waals surface area contributed by atoms with Crippen molar-refractivity contribution in [3.05, 3.63) is 0 Å². The lowest BCUT2D eigenvalue weighted by atomic mass is 9.83. The van der Waals surface area contributed by atoms with Crippen molar-refractivity contribution in [2.24, 2.45) is 0 Å². The predicted octanol–water partition coefficient (Wildman–Crippen LogP) is 5.45.